The molecule has 0 saturated heterocycles. The summed E-state index contributed by atoms with van der Waals surface area (Å²) in [5.41, 5.74) is 7.45. The zero-order chi connectivity index (χ0) is 17.9. The molecule has 4 aromatic rings. The minimum atomic E-state index is 0.967. The lowest BCUT2D eigenvalue weighted by molar-refractivity contribution is 1.12. The molecule has 3 aromatic carbocycles. The summed E-state index contributed by atoms with van der Waals surface area (Å²) in [6, 6.07) is 26.0. The molecular formula is C23H19IN2. The molecule has 0 amide bonds. The fraction of sp³-hybridized carbons (Fsp3) is 0.0870. The second kappa shape index (κ2) is 7.46. The van der Waals surface area contributed by atoms with Crippen LogP contribution in [0.15, 0.2) is 79.0 Å². The molecule has 0 atom stereocenters. The van der Waals surface area contributed by atoms with Crippen molar-refractivity contribution in [1.29, 1.82) is 0 Å². The number of halogens is 1. The maximum absolute atomic E-state index is 4.17. The van der Waals surface area contributed by atoms with Gasteiger partial charge in [-0.3, -0.25) is 5.10 Å². The van der Waals surface area contributed by atoms with Crippen LogP contribution in [0.2, 0.25) is 0 Å². The Morgan fingerprint density at radius 1 is 0.885 bits per heavy atom. The average molecular weight is 450 g/mol. The molecule has 0 unspecified atom stereocenters. The van der Waals surface area contributed by atoms with Crippen molar-refractivity contribution < 1.29 is 0 Å². The molecule has 26 heavy (non-hydrogen) atoms. The summed E-state index contributed by atoms with van der Waals surface area (Å²) < 4.78 is 1.24. The third-order valence-electron chi connectivity index (χ3n) is 4.64. The minimum Gasteiger partial charge on any atom is -0.278 e. The predicted molar refractivity (Wildman–Crippen MR) is 118 cm³/mol. The summed E-state index contributed by atoms with van der Waals surface area (Å²) in [4.78, 5) is 0. The van der Waals surface area contributed by atoms with Crippen LogP contribution in [0.5, 0.6) is 0 Å². The number of rotatable bonds is 4. The standard InChI is InChI=1S/C23H19IN2/c1-2-21(16-6-4-3-5-7-16)23(17-8-11-20(24)12-9-17)18-10-13-22-19(14-18)15-25-26-22/h3-15H,2H2,1H3,(H,25,26)/b23-21+. The van der Waals surface area contributed by atoms with Crippen molar-refractivity contribution in [3.8, 4) is 0 Å². The van der Waals surface area contributed by atoms with Gasteiger partial charge in [0.1, 0.15) is 0 Å². The van der Waals surface area contributed by atoms with E-state index in [1.165, 1.54) is 31.4 Å². The Kier molecular flexibility index (Phi) is 4.89. The number of nitrogens with one attached hydrogen (secondary N) is 1. The molecule has 0 spiro atoms. The topological polar surface area (TPSA) is 28.7 Å². The molecular weight excluding hydrogens is 431 g/mol. The molecule has 1 heterocycles. The Balaban J connectivity index is 1.99. The van der Waals surface area contributed by atoms with E-state index in [-0.39, 0.29) is 0 Å². The van der Waals surface area contributed by atoms with Crippen molar-refractivity contribution in [2.24, 2.45) is 0 Å². The van der Waals surface area contributed by atoms with E-state index in [0.29, 0.717) is 0 Å². The Hall–Kier alpha value is -2.40. The number of benzene rings is 3. The lowest BCUT2D eigenvalue weighted by Crippen LogP contribution is -1.95. The van der Waals surface area contributed by atoms with E-state index in [4.69, 9.17) is 0 Å². The second-order valence-electron chi connectivity index (χ2n) is 6.25. The van der Waals surface area contributed by atoms with Gasteiger partial charge in [0.15, 0.2) is 0 Å². The summed E-state index contributed by atoms with van der Waals surface area (Å²) in [6.45, 7) is 2.23. The van der Waals surface area contributed by atoms with Crippen LogP contribution in [0.25, 0.3) is 22.0 Å². The zero-order valence-corrected chi connectivity index (χ0v) is 16.7. The van der Waals surface area contributed by atoms with Crippen molar-refractivity contribution in [2.45, 2.75) is 13.3 Å². The summed E-state index contributed by atoms with van der Waals surface area (Å²) in [5.74, 6) is 0. The van der Waals surface area contributed by atoms with E-state index >= 15 is 0 Å². The van der Waals surface area contributed by atoms with Gasteiger partial charge in [0, 0.05) is 8.96 Å². The molecule has 1 N–H and O–H groups in total. The van der Waals surface area contributed by atoms with Crippen molar-refractivity contribution in [3.63, 3.8) is 0 Å². The summed E-state index contributed by atoms with van der Waals surface area (Å²) in [5, 5.41) is 8.34. The van der Waals surface area contributed by atoms with Crippen molar-refractivity contribution in [3.05, 3.63) is 99.3 Å². The van der Waals surface area contributed by atoms with Gasteiger partial charge < -0.3 is 0 Å². The van der Waals surface area contributed by atoms with Gasteiger partial charge in [-0.05, 0) is 81.1 Å². The maximum Gasteiger partial charge on any atom is 0.0650 e. The lowest BCUT2D eigenvalue weighted by Gasteiger charge is -2.16. The highest BCUT2D eigenvalue weighted by molar-refractivity contribution is 14.1. The largest absolute Gasteiger partial charge is 0.278 e. The van der Waals surface area contributed by atoms with Gasteiger partial charge >= 0.3 is 0 Å². The van der Waals surface area contributed by atoms with Gasteiger partial charge in [-0.1, -0.05) is 55.5 Å². The molecule has 0 bridgehead atoms. The molecule has 1 aromatic heterocycles. The van der Waals surface area contributed by atoms with Crippen LogP contribution in [0.4, 0.5) is 0 Å². The lowest BCUT2D eigenvalue weighted by atomic mass is 9.88. The molecule has 3 heteroatoms. The van der Waals surface area contributed by atoms with Crippen molar-refractivity contribution in [1.82, 2.24) is 10.2 Å². The van der Waals surface area contributed by atoms with Crippen molar-refractivity contribution in [2.75, 3.05) is 0 Å². The predicted octanol–water partition coefficient (Wildman–Crippen LogP) is 6.54. The molecule has 0 saturated carbocycles. The third-order valence-corrected chi connectivity index (χ3v) is 5.36. The molecule has 0 fully saturated rings. The third kappa shape index (κ3) is 3.31. The van der Waals surface area contributed by atoms with Crippen LogP contribution in [0.1, 0.15) is 30.0 Å². The Morgan fingerprint density at radius 3 is 2.35 bits per heavy atom. The number of nitrogens with zero attached hydrogens (tertiary/aromatic N) is 1. The van der Waals surface area contributed by atoms with Crippen LogP contribution in [0, 0.1) is 3.57 Å². The number of aromatic nitrogens is 2. The number of allylic oxidation sites excluding steroid dienone is 1. The fourth-order valence-electron chi connectivity index (χ4n) is 3.39. The number of hydrogen-bond acceptors (Lipinski definition) is 1. The number of fused-ring (bicyclic) bond motifs is 1. The van der Waals surface area contributed by atoms with Crippen LogP contribution >= 0.6 is 22.6 Å². The summed E-state index contributed by atoms with van der Waals surface area (Å²) in [7, 11) is 0. The van der Waals surface area contributed by atoms with E-state index in [2.05, 4.69) is 113 Å². The monoisotopic (exact) mass is 450 g/mol. The van der Waals surface area contributed by atoms with Gasteiger partial charge in [0.2, 0.25) is 0 Å². The molecule has 4 rings (SSSR count). The molecule has 0 aliphatic carbocycles. The highest BCUT2D eigenvalue weighted by atomic mass is 127. The van der Waals surface area contributed by atoms with E-state index < -0.39 is 0 Å². The molecule has 2 nitrogen and oxygen atoms in total. The van der Waals surface area contributed by atoms with Gasteiger partial charge in [-0.15, -0.1) is 0 Å². The van der Waals surface area contributed by atoms with Crippen LogP contribution in [-0.2, 0) is 0 Å². The number of aromatic amines is 1. The molecule has 128 valence electrons. The normalized spacial score (nSPS) is 12.2. The second-order valence-corrected chi connectivity index (χ2v) is 7.50. The summed E-state index contributed by atoms with van der Waals surface area (Å²) >= 11 is 2.35. The highest BCUT2D eigenvalue weighted by Gasteiger charge is 2.13. The van der Waals surface area contributed by atoms with Crippen LogP contribution < -0.4 is 0 Å². The highest BCUT2D eigenvalue weighted by Crippen LogP contribution is 2.35. The number of H-pyrrole nitrogens is 1. The molecule has 0 radical (unpaired) electrons. The smallest absolute Gasteiger partial charge is 0.0650 e. The molecule has 0 aliphatic heterocycles. The van der Waals surface area contributed by atoms with E-state index in [0.717, 1.165) is 17.3 Å². The van der Waals surface area contributed by atoms with Crippen molar-refractivity contribution >= 4 is 44.6 Å². The van der Waals surface area contributed by atoms with Gasteiger partial charge in [-0.25, -0.2) is 0 Å². The average Bonchev–Trinajstić information content (AvgIpc) is 3.15. The number of hydrogen-bond donors (Lipinski definition) is 1. The first-order valence-electron chi connectivity index (χ1n) is 8.74. The van der Waals surface area contributed by atoms with Crippen LogP contribution in [0.3, 0.4) is 0 Å². The Bertz CT molecular complexity index is 1060. The first-order chi connectivity index (χ1) is 12.8. The van der Waals surface area contributed by atoms with Gasteiger partial charge in [0.25, 0.3) is 0 Å². The van der Waals surface area contributed by atoms with E-state index in [1.807, 2.05) is 6.20 Å². The zero-order valence-electron chi connectivity index (χ0n) is 14.5. The first kappa shape index (κ1) is 17.0. The van der Waals surface area contributed by atoms with E-state index in [1.54, 1.807) is 0 Å². The van der Waals surface area contributed by atoms with E-state index in [9.17, 15) is 0 Å². The summed E-state index contributed by atoms with van der Waals surface area (Å²) in [6.07, 6.45) is 2.85. The van der Waals surface area contributed by atoms with Crippen LogP contribution in [-0.4, -0.2) is 10.2 Å². The minimum absolute atomic E-state index is 0.967. The van der Waals surface area contributed by atoms with Gasteiger partial charge in [0.05, 0.1) is 11.7 Å². The first-order valence-corrected chi connectivity index (χ1v) is 9.82. The quantitative estimate of drug-likeness (QED) is 0.278. The maximum atomic E-state index is 4.17. The fourth-order valence-corrected chi connectivity index (χ4v) is 3.75. The Labute approximate surface area is 167 Å². The van der Waals surface area contributed by atoms with Gasteiger partial charge in [-0.2, -0.15) is 5.10 Å². The molecule has 0 aliphatic rings. The SMILES string of the molecule is CC/C(=C(/c1ccc(I)cc1)c1ccc2[nH]ncc2c1)c1ccccc1. The Morgan fingerprint density at radius 2 is 1.62 bits per heavy atom.